The summed E-state index contributed by atoms with van der Waals surface area (Å²) in [5.74, 6) is -1.64. The van der Waals surface area contributed by atoms with Crippen molar-refractivity contribution in [2.24, 2.45) is 0 Å². The second kappa shape index (κ2) is 7.22. The van der Waals surface area contributed by atoms with Gasteiger partial charge in [-0.25, -0.2) is 13.1 Å². The van der Waals surface area contributed by atoms with Gasteiger partial charge in [0.2, 0.25) is 14.9 Å². The number of carbonyl (C=O) groups is 1. The molecule has 1 rings (SSSR count). The molecule has 0 aliphatic rings. The van der Waals surface area contributed by atoms with Gasteiger partial charge in [0.15, 0.2) is 11.6 Å². The molecule has 8 nitrogen and oxygen atoms in total. The van der Waals surface area contributed by atoms with Gasteiger partial charge in [0, 0.05) is 6.54 Å². The van der Waals surface area contributed by atoms with Gasteiger partial charge in [0.25, 0.3) is 0 Å². The monoisotopic (exact) mass is 304 g/mol. The van der Waals surface area contributed by atoms with Crippen LogP contribution in [0.2, 0.25) is 0 Å². The number of hydrogen-bond donors (Lipinski definition) is 1. The molecule has 1 heterocycles. The zero-order valence-corrected chi connectivity index (χ0v) is 12.5. The molecule has 0 amide bonds. The molecule has 114 valence electrons. The van der Waals surface area contributed by atoms with Gasteiger partial charge in [-0.05, 0) is 13.3 Å². The largest absolute Gasteiger partial charge is 0.465 e. The summed E-state index contributed by atoms with van der Waals surface area (Å²) in [5.41, 5.74) is 5.73. The van der Waals surface area contributed by atoms with Crippen molar-refractivity contribution >= 4 is 21.6 Å². The summed E-state index contributed by atoms with van der Waals surface area (Å²) in [6, 6.07) is 0. The highest BCUT2D eigenvalue weighted by Crippen LogP contribution is 2.17. The quantitative estimate of drug-likeness (QED) is 0.545. The molecule has 0 aliphatic carbocycles. The minimum atomic E-state index is -3.92. The van der Waals surface area contributed by atoms with E-state index in [1.165, 1.54) is 4.68 Å². The van der Waals surface area contributed by atoms with E-state index >= 15 is 0 Å². The molecule has 0 radical (unpaired) electrons. The van der Waals surface area contributed by atoms with Crippen LogP contribution in [0.5, 0.6) is 0 Å². The van der Waals surface area contributed by atoms with E-state index in [1.807, 2.05) is 0 Å². The van der Waals surface area contributed by atoms with E-state index in [-0.39, 0.29) is 17.5 Å². The Hall–Kier alpha value is -1.64. The molecule has 0 aromatic carbocycles. The lowest BCUT2D eigenvalue weighted by Gasteiger charge is -2.04. The average Bonchev–Trinajstić information content (AvgIpc) is 2.72. The topological polar surface area (TPSA) is 117 Å². The van der Waals surface area contributed by atoms with Crippen LogP contribution in [-0.4, -0.2) is 41.7 Å². The summed E-state index contributed by atoms with van der Waals surface area (Å²) >= 11 is 0. The van der Waals surface area contributed by atoms with Crippen LogP contribution in [0.3, 0.4) is 0 Å². The molecule has 20 heavy (non-hydrogen) atoms. The predicted octanol–water partition coefficient (Wildman–Crippen LogP) is 0.387. The fourth-order valence-corrected chi connectivity index (χ4v) is 2.74. The van der Waals surface area contributed by atoms with Crippen LogP contribution in [-0.2, 0) is 25.9 Å². The average molecular weight is 304 g/mol. The standard InChI is InChI=1S/C11H20N4O4S/c1-3-5-6-7-15-10(12)11(13-14-15)20(17,18)8-9(16)19-4-2/h3-8,12H2,1-2H3. The van der Waals surface area contributed by atoms with Crippen LogP contribution in [0.4, 0.5) is 5.82 Å². The molecule has 2 N–H and O–H groups in total. The van der Waals surface area contributed by atoms with Crippen LogP contribution in [0.25, 0.3) is 0 Å². The second-order valence-corrected chi connectivity index (χ2v) is 6.18. The first-order valence-electron chi connectivity index (χ1n) is 6.49. The molecule has 0 fully saturated rings. The fourth-order valence-electron chi connectivity index (χ4n) is 1.63. The number of esters is 1. The van der Waals surface area contributed by atoms with Crippen molar-refractivity contribution in [3.8, 4) is 0 Å². The minimum Gasteiger partial charge on any atom is -0.465 e. The highest BCUT2D eigenvalue weighted by atomic mass is 32.2. The van der Waals surface area contributed by atoms with Gasteiger partial charge in [-0.3, -0.25) is 4.79 Å². The van der Waals surface area contributed by atoms with E-state index in [0.29, 0.717) is 6.54 Å². The molecular formula is C11H20N4O4S. The van der Waals surface area contributed by atoms with Gasteiger partial charge in [0.05, 0.1) is 6.61 Å². The molecule has 0 saturated heterocycles. The number of hydrogen-bond acceptors (Lipinski definition) is 7. The number of aromatic nitrogens is 3. The van der Waals surface area contributed by atoms with E-state index in [4.69, 9.17) is 5.73 Å². The Balaban J connectivity index is 2.83. The normalized spacial score (nSPS) is 11.5. The second-order valence-electron chi connectivity index (χ2n) is 4.27. The number of unbranched alkanes of at least 4 members (excludes halogenated alkanes) is 2. The van der Waals surface area contributed by atoms with Crippen molar-refractivity contribution < 1.29 is 17.9 Å². The Labute approximate surface area is 118 Å². The first-order chi connectivity index (χ1) is 9.42. The van der Waals surface area contributed by atoms with Crippen LogP contribution in [0.15, 0.2) is 5.03 Å². The first-order valence-corrected chi connectivity index (χ1v) is 8.15. The minimum absolute atomic E-state index is 0.0367. The Bertz CT molecular complexity index is 553. The maximum atomic E-state index is 12.0. The molecule has 0 saturated carbocycles. The Kier molecular flexibility index (Phi) is 5.93. The number of anilines is 1. The van der Waals surface area contributed by atoms with Crippen LogP contribution < -0.4 is 5.73 Å². The van der Waals surface area contributed by atoms with E-state index in [0.717, 1.165) is 19.3 Å². The van der Waals surface area contributed by atoms with Crippen molar-refractivity contribution in [1.82, 2.24) is 15.0 Å². The lowest BCUT2D eigenvalue weighted by atomic mass is 10.2. The highest BCUT2D eigenvalue weighted by molar-refractivity contribution is 7.92. The summed E-state index contributed by atoms with van der Waals surface area (Å²) < 4.78 is 29.9. The summed E-state index contributed by atoms with van der Waals surface area (Å²) in [6.45, 7) is 4.28. The third-order valence-corrected chi connectivity index (χ3v) is 4.12. The molecule has 0 spiro atoms. The Morgan fingerprint density at radius 1 is 1.35 bits per heavy atom. The lowest BCUT2D eigenvalue weighted by molar-refractivity contribution is -0.139. The molecule has 1 aromatic rings. The van der Waals surface area contributed by atoms with Crippen molar-refractivity contribution in [1.29, 1.82) is 0 Å². The van der Waals surface area contributed by atoms with Crippen LogP contribution in [0, 0.1) is 0 Å². The number of aryl methyl sites for hydroxylation is 1. The number of rotatable bonds is 8. The van der Waals surface area contributed by atoms with Crippen molar-refractivity contribution in [3.05, 3.63) is 0 Å². The molecule has 0 atom stereocenters. The van der Waals surface area contributed by atoms with E-state index < -0.39 is 21.6 Å². The SMILES string of the molecule is CCCCCn1nnc(S(=O)(=O)CC(=O)OCC)c1N. The van der Waals surface area contributed by atoms with Crippen molar-refractivity contribution in [2.45, 2.75) is 44.7 Å². The molecule has 0 unspecified atom stereocenters. The predicted molar refractivity (Wildman–Crippen MR) is 72.6 cm³/mol. The smallest absolute Gasteiger partial charge is 0.321 e. The van der Waals surface area contributed by atoms with Crippen molar-refractivity contribution in [3.63, 3.8) is 0 Å². The first kappa shape index (κ1) is 16.4. The van der Waals surface area contributed by atoms with Crippen LogP contribution >= 0.6 is 0 Å². The van der Waals surface area contributed by atoms with Gasteiger partial charge in [0.1, 0.15) is 0 Å². The third-order valence-electron chi connectivity index (χ3n) is 2.62. The summed E-state index contributed by atoms with van der Waals surface area (Å²) in [6.07, 6.45) is 2.86. The Morgan fingerprint density at radius 3 is 2.65 bits per heavy atom. The van der Waals surface area contributed by atoms with Gasteiger partial charge < -0.3 is 10.5 Å². The van der Waals surface area contributed by atoms with Crippen molar-refractivity contribution in [2.75, 3.05) is 18.1 Å². The van der Waals surface area contributed by atoms with Gasteiger partial charge >= 0.3 is 5.97 Å². The molecule has 0 aliphatic heterocycles. The van der Waals surface area contributed by atoms with Gasteiger partial charge in [-0.1, -0.05) is 25.0 Å². The summed E-state index contributed by atoms with van der Waals surface area (Å²) in [4.78, 5) is 11.3. The zero-order valence-electron chi connectivity index (χ0n) is 11.7. The maximum absolute atomic E-state index is 12.0. The fraction of sp³-hybridized carbons (Fsp3) is 0.727. The van der Waals surface area contributed by atoms with E-state index in [9.17, 15) is 13.2 Å². The summed E-state index contributed by atoms with van der Waals surface area (Å²) in [5, 5.41) is 6.93. The number of carbonyl (C=O) groups excluding carboxylic acids is 1. The van der Waals surface area contributed by atoms with Gasteiger partial charge in [-0.15, -0.1) is 5.10 Å². The maximum Gasteiger partial charge on any atom is 0.321 e. The highest BCUT2D eigenvalue weighted by Gasteiger charge is 2.27. The molecule has 0 bridgehead atoms. The zero-order chi connectivity index (χ0) is 15.2. The van der Waals surface area contributed by atoms with E-state index in [2.05, 4.69) is 22.0 Å². The summed E-state index contributed by atoms with van der Waals surface area (Å²) in [7, 11) is -3.92. The van der Waals surface area contributed by atoms with E-state index in [1.54, 1.807) is 6.92 Å². The molecule has 1 aromatic heterocycles. The van der Waals surface area contributed by atoms with Gasteiger partial charge in [-0.2, -0.15) is 0 Å². The third kappa shape index (κ3) is 4.19. The lowest BCUT2D eigenvalue weighted by Crippen LogP contribution is -2.20. The number of nitrogen functional groups attached to an aromatic ring is 1. The van der Waals surface area contributed by atoms with Crippen LogP contribution in [0.1, 0.15) is 33.1 Å². The number of nitrogens with two attached hydrogens (primary N) is 1. The molecule has 9 heteroatoms. The number of nitrogens with zero attached hydrogens (tertiary/aromatic N) is 3. The number of sulfone groups is 1. The Morgan fingerprint density at radius 2 is 2.05 bits per heavy atom. The number of ether oxygens (including phenoxy) is 1. The molecular weight excluding hydrogens is 284 g/mol.